The lowest BCUT2D eigenvalue weighted by Gasteiger charge is -2.10. The zero-order valence-corrected chi connectivity index (χ0v) is 14.9. The van der Waals surface area contributed by atoms with Crippen LogP contribution < -0.4 is 10.1 Å². The molecule has 6 nitrogen and oxygen atoms in total. The summed E-state index contributed by atoms with van der Waals surface area (Å²) in [4.78, 5) is 21.7. The number of benzene rings is 1. The smallest absolute Gasteiger partial charge is 0.226 e. The van der Waals surface area contributed by atoms with Crippen molar-refractivity contribution in [2.24, 2.45) is 0 Å². The summed E-state index contributed by atoms with van der Waals surface area (Å²) in [6.45, 7) is 0.250. The molecule has 0 unspecified atom stereocenters. The Bertz CT molecular complexity index is 1060. The third-order valence-electron chi connectivity index (χ3n) is 3.82. The van der Waals surface area contributed by atoms with E-state index in [-0.39, 0.29) is 18.9 Å². The van der Waals surface area contributed by atoms with Crippen LogP contribution in [0, 0.1) is 5.82 Å². The number of nitrogens with one attached hydrogen (secondary N) is 1. The Labute approximate surface area is 158 Å². The van der Waals surface area contributed by atoms with Crippen LogP contribution in [0.25, 0.3) is 4.96 Å². The highest BCUT2D eigenvalue weighted by Gasteiger charge is 2.11. The summed E-state index contributed by atoms with van der Waals surface area (Å²) in [5, 5.41) is 4.78. The van der Waals surface area contributed by atoms with E-state index in [4.69, 9.17) is 4.74 Å². The molecule has 0 aliphatic carbocycles. The van der Waals surface area contributed by atoms with Crippen LogP contribution in [0.5, 0.6) is 11.6 Å². The van der Waals surface area contributed by atoms with Gasteiger partial charge in [0, 0.05) is 42.1 Å². The maximum absolute atomic E-state index is 13.3. The van der Waals surface area contributed by atoms with Gasteiger partial charge in [0.05, 0.1) is 12.1 Å². The fourth-order valence-corrected chi connectivity index (χ4v) is 3.29. The zero-order chi connectivity index (χ0) is 18.6. The van der Waals surface area contributed by atoms with Gasteiger partial charge in [-0.15, -0.1) is 11.3 Å². The number of aromatic nitrogens is 3. The van der Waals surface area contributed by atoms with Crippen LogP contribution in [-0.2, 0) is 17.8 Å². The average molecular weight is 382 g/mol. The van der Waals surface area contributed by atoms with E-state index in [1.807, 2.05) is 22.2 Å². The van der Waals surface area contributed by atoms with Crippen LogP contribution in [0.1, 0.15) is 11.3 Å². The molecule has 0 fully saturated rings. The highest BCUT2D eigenvalue weighted by atomic mass is 32.1. The predicted molar refractivity (Wildman–Crippen MR) is 99.3 cm³/mol. The number of fused-ring (bicyclic) bond motifs is 1. The van der Waals surface area contributed by atoms with Crippen molar-refractivity contribution in [1.29, 1.82) is 0 Å². The monoisotopic (exact) mass is 382 g/mol. The van der Waals surface area contributed by atoms with Gasteiger partial charge in [-0.25, -0.2) is 14.4 Å². The fourth-order valence-electron chi connectivity index (χ4n) is 2.57. The number of carbonyl (C=O) groups is 1. The van der Waals surface area contributed by atoms with Crippen LogP contribution in [0.3, 0.4) is 0 Å². The van der Waals surface area contributed by atoms with E-state index in [2.05, 4.69) is 15.3 Å². The van der Waals surface area contributed by atoms with Gasteiger partial charge < -0.3 is 10.1 Å². The number of rotatable bonds is 6. The normalized spacial score (nSPS) is 10.9. The molecule has 8 heteroatoms. The summed E-state index contributed by atoms with van der Waals surface area (Å²) >= 11 is 1.52. The van der Waals surface area contributed by atoms with E-state index in [1.54, 1.807) is 30.5 Å². The Balaban J connectivity index is 1.40. The van der Waals surface area contributed by atoms with Crippen molar-refractivity contribution in [3.05, 3.63) is 77.4 Å². The van der Waals surface area contributed by atoms with Gasteiger partial charge in [0.2, 0.25) is 11.8 Å². The average Bonchev–Trinajstić information content (AvgIpc) is 3.22. The Morgan fingerprint density at radius 2 is 2.22 bits per heavy atom. The molecule has 136 valence electrons. The van der Waals surface area contributed by atoms with Gasteiger partial charge in [0.15, 0.2) is 4.96 Å². The largest absolute Gasteiger partial charge is 0.439 e. The minimum absolute atomic E-state index is 0.152. The summed E-state index contributed by atoms with van der Waals surface area (Å²) in [6, 6.07) is 9.38. The minimum atomic E-state index is -0.391. The minimum Gasteiger partial charge on any atom is -0.439 e. The van der Waals surface area contributed by atoms with Gasteiger partial charge in [-0.2, -0.15) is 0 Å². The van der Waals surface area contributed by atoms with Crippen LogP contribution in [0.4, 0.5) is 4.39 Å². The highest BCUT2D eigenvalue weighted by molar-refractivity contribution is 7.15. The number of ether oxygens (including phenoxy) is 1. The number of imidazole rings is 1. The molecule has 1 N–H and O–H groups in total. The Morgan fingerprint density at radius 1 is 1.30 bits per heavy atom. The Kier molecular flexibility index (Phi) is 4.80. The van der Waals surface area contributed by atoms with E-state index in [0.717, 1.165) is 4.96 Å². The SMILES string of the molecule is O=C(Cc1cn2ccsc2n1)NCc1cccnc1Oc1cccc(F)c1. The van der Waals surface area contributed by atoms with Crippen molar-refractivity contribution in [3.8, 4) is 11.6 Å². The third-order valence-corrected chi connectivity index (χ3v) is 4.59. The molecule has 0 saturated heterocycles. The maximum Gasteiger partial charge on any atom is 0.226 e. The van der Waals surface area contributed by atoms with Crippen LogP contribution in [0.2, 0.25) is 0 Å². The third kappa shape index (κ3) is 4.12. The van der Waals surface area contributed by atoms with E-state index >= 15 is 0 Å². The highest BCUT2D eigenvalue weighted by Crippen LogP contribution is 2.23. The number of pyridine rings is 1. The molecule has 1 aromatic carbocycles. The summed E-state index contributed by atoms with van der Waals surface area (Å²) in [5.74, 6) is 0.129. The molecule has 0 aliphatic rings. The molecule has 3 heterocycles. The van der Waals surface area contributed by atoms with E-state index in [9.17, 15) is 9.18 Å². The molecule has 3 aromatic heterocycles. The number of hydrogen-bond donors (Lipinski definition) is 1. The van der Waals surface area contributed by atoms with E-state index < -0.39 is 5.82 Å². The van der Waals surface area contributed by atoms with Gasteiger partial charge >= 0.3 is 0 Å². The van der Waals surface area contributed by atoms with Crippen molar-refractivity contribution < 1.29 is 13.9 Å². The molecule has 4 aromatic rings. The van der Waals surface area contributed by atoms with E-state index in [1.165, 1.54) is 23.5 Å². The van der Waals surface area contributed by atoms with Gasteiger partial charge in [-0.3, -0.25) is 9.20 Å². The fraction of sp³-hybridized carbons (Fsp3) is 0.105. The lowest BCUT2D eigenvalue weighted by molar-refractivity contribution is -0.120. The maximum atomic E-state index is 13.3. The quantitative estimate of drug-likeness (QED) is 0.553. The second-order valence-corrected chi connectivity index (χ2v) is 6.68. The predicted octanol–water partition coefficient (Wildman–Crippen LogP) is 3.58. The van der Waals surface area contributed by atoms with Crippen LogP contribution in [-0.4, -0.2) is 20.3 Å². The lowest BCUT2D eigenvalue weighted by atomic mass is 10.2. The van der Waals surface area contributed by atoms with Crippen LogP contribution >= 0.6 is 11.3 Å². The number of halogens is 1. The molecule has 27 heavy (non-hydrogen) atoms. The Hall–Kier alpha value is -3.26. The number of carbonyl (C=O) groups excluding carboxylic acids is 1. The first-order valence-electron chi connectivity index (χ1n) is 8.22. The van der Waals surface area contributed by atoms with Crippen molar-refractivity contribution in [3.63, 3.8) is 0 Å². The second-order valence-electron chi connectivity index (χ2n) is 5.81. The van der Waals surface area contributed by atoms with Crippen molar-refractivity contribution in [2.45, 2.75) is 13.0 Å². The van der Waals surface area contributed by atoms with Gasteiger partial charge in [0.1, 0.15) is 11.6 Å². The topological polar surface area (TPSA) is 68.5 Å². The summed E-state index contributed by atoms with van der Waals surface area (Å²) in [6.07, 6.45) is 5.51. The number of amides is 1. The van der Waals surface area contributed by atoms with Crippen molar-refractivity contribution in [1.82, 2.24) is 19.7 Å². The lowest BCUT2D eigenvalue weighted by Crippen LogP contribution is -2.25. The molecule has 0 bridgehead atoms. The molecule has 4 rings (SSSR count). The molecule has 1 amide bonds. The molecular formula is C19H15FN4O2S. The van der Waals surface area contributed by atoms with Crippen molar-refractivity contribution in [2.75, 3.05) is 0 Å². The Morgan fingerprint density at radius 3 is 3.07 bits per heavy atom. The zero-order valence-electron chi connectivity index (χ0n) is 14.1. The van der Waals surface area contributed by atoms with Gasteiger partial charge in [-0.1, -0.05) is 12.1 Å². The molecule has 0 saturated carbocycles. The standard InChI is InChI=1S/C19H15FN4O2S/c20-14-4-1-5-16(9-14)26-18-13(3-2-6-21-18)11-22-17(25)10-15-12-24-7-8-27-19(24)23-15/h1-9,12H,10-11H2,(H,22,25). The van der Waals surface area contributed by atoms with Crippen LogP contribution in [0.15, 0.2) is 60.4 Å². The first-order chi connectivity index (χ1) is 13.2. The molecule has 0 atom stereocenters. The second kappa shape index (κ2) is 7.55. The first kappa shape index (κ1) is 17.2. The van der Waals surface area contributed by atoms with Crippen molar-refractivity contribution >= 4 is 22.2 Å². The molecule has 0 radical (unpaired) electrons. The van der Waals surface area contributed by atoms with Gasteiger partial charge in [-0.05, 0) is 18.2 Å². The van der Waals surface area contributed by atoms with E-state index in [0.29, 0.717) is 22.9 Å². The van der Waals surface area contributed by atoms with Gasteiger partial charge in [0.25, 0.3) is 0 Å². The molecule has 0 spiro atoms. The molecular weight excluding hydrogens is 367 g/mol. The summed E-state index contributed by atoms with van der Waals surface area (Å²) in [7, 11) is 0. The number of thiazole rings is 1. The summed E-state index contributed by atoms with van der Waals surface area (Å²) in [5.41, 5.74) is 1.41. The number of hydrogen-bond acceptors (Lipinski definition) is 5. The summed E-state index contributed by atoms with van der Waals surface area (Å²) < 4.78 is 20.9. The first-order valence-corrected chi connectivity index (χ1v) is 9.10. The molecule has 0 aliphatic heterocycles. The number of nitrogens with zero attached hydrogens (tertiary/aromatic N) is 3.